The number of H-pyrrole nitrogens is 1. The van der Waals surface area contributed by atoms with Crippen LogP contribution in [0.3, 0.4) is 0 Å². The van der Waals surface area contributed by atoms with E-state index in [-0.39, 0.29) is 10.7 Å². The molecule has 1 heterocycles. The minimum absolute atomic E-state index is 0.284. The third-order valence-electron chi connectivity index (χ3n) is 3.32. The molecule has 0 spiro atoms. The number of hydrogen-bond donors (Lipinski definition) is 2. The molecule has 2 N–H and O–H groups in total. The summed E-state index contributed by atoms with van der Waals surface area (Å²) in [5.41, 5.74) is 2.32. The molecule has 23 heavy (non-hydrogen) atoms. The van der Waals surface area contributed by atoms with Gasteiger partial charge in [-0.2, -0.15) is 0 Å². The zero-order valence-electron chi connectivity index (χ0n) is 12.3. The van der Waals surface area contributed by atoms with Gasteiger partial charge in [-0.1, -0.05) is 19.1 Å². The fraction of sp³-hybridized carbons (Fsp3) is 0.125. The van der Waals surface area contributed by atoms with Crippen LogP contribution >= 0.6 is 12.2 Å². The standard InChI is InChI=1S/C16H14N2O3S2/c1-2-23(20)14-6-4-3-5-11(14)15(19)17-10-7-8-12-13(9-10)21-16(22)18-12/h3-9H,2H2,1H3,(H,17,19)(H,18,22)/t23-/m1/s1. The number of anilines is 1. The average molecular weight is 346 g/mol. The molecule has 0 aliphatic rings. The Kier molecular flexibility index (Phi) is 4.40. The van der Waals surface area contributed by atoms with Crippen LogP contribution in [-0.4, -0.2) is 20.9 Å². The molecule has 118 valence electrons. The molecular formula is C16H14N2O3S2. The first-order valence-corrected chi connectivity index (χ1v) is 8.73. The van der Waals surface area contributed by atoms with Gasteiger partial charge in [0.25, 0.3) is 10.7 Å². The Balaban J connectivity index is 1.91. The number of oxazole rings is 1. The molecule has 1 aromatic heterocycles. The van der Waals surface area contributed by atoms with Crippen molar-refractivity contribution in [3.63, 3.8) is 0 Å². The van der Waals surface area contributed by atoms with E-state index in [1.165, 1.54) is 0 Å². The Hall–Kier alpha value is -2.25. The lowest BCUT2D eigenvalue weighted by Gasteiger charge is -2.09. The Morgan fingerprint density at radius 1 is 1.30 bits per heavy atom. The second-order valence-corrected chi connectivity index (χ2v) is 6.89. The van der Waals surface area contributed by atoms with Gasteiger partial charge in [0.2, 0.25) is 0 Å². The molecule has 3 aromatic rings. The van der Waals surface area contributed by atoms with Crippen molar-refractivity contribution in [1.29, 1.82) is 0 Å². The summed E-state index contributed by atoms with van der Waals surface area (Å²) < 4.78 is 17.4. The quantitative estimate of drug-likeness (QED) is 0.703. The molecule has 3 rings (SSSR count). The highest BCUT2D eigenvalue weighted by Crippen LogP contribution is 2.21. The number of benzene rings is 2. The molecule has 0 saturated carbocycles. The summed E-state index contributed by atoms with van der Waals surface area (Å²) >= 11 is 4.94. The molecule has 1 amide bonds. The third-order valence-corrected chi connectivity index (χ3v) is 4.87. The van der Waals surface area contributed by atoms with Crippen LogP contribution in [0.1, 0.15) is 17.3 Å². The van der Waals surface area contributed by atoms with E-state index in [0.29, 0.717) is 27.5 Å². The second-order valence-electron chi connectivity index (χ2n) is 4.81. The fourth-order valence-electron chi connectivity index (χ4n) is 2.23. The molecule has 0 bridgehead atoms. The summed E-state index contributed by atoms with van der Waals surface area (Å²) in [6.07, 6.45) is 0. The normalized spacial score (nSPS) is 12.2. The van der Waals surface area contributed by atoms with Crippen LogP contribution in [0.15, 0.2) is 51.8 Å². The summed E-state index contributed by atoms with van der Waals surface area (Å²) in [5.74, 6) is 0.149. The Bertz CT molecular complexity index is 959. The molecular weight excluding hydrogens is 332 g/mol. The highest BCUT2D eigenvalue weighted by molar-refractivity contribution is 7.85. The summed E-state index contributed by atoms with van der Waals surface area (Å²) in [7, 11) is -1.20. The van der Waals surface area contributed by atoms with Crippen molar-refractivity contribution in [2.75, 3.05) is 11.1 Å². The van der Waals surface area contributed by atoms with Gasteiger partial charge in [0, 0.05) is 17.5 Å². The van der Waals surface area contributed by atoms with Crippen LogP contribution in [0.5, 0.6) is 0 Å². The van der Waals surface area contributed by atoms with Crippen molar-refractivity contribution in [2.24, 2.45) is 0 Å². The molecule has 5 nitrogen and oxygen atoms in total. The molecule has 7 heteroatoms. The molecule has 0 fully saturated rings. The molecule has 0 saturated heterocycles. The second kappa shape index (κ2) is 6.47. The molecule has 0 radical (unpaired) electrons. The lowest BCUT2D eigenvalue weighted by Crippen LogP contribution is -2.15. The molecule has 0 aliphatic heterocycles. The Morgan fingerprint density at radius 3 is 2.87 bits per heavy atom. The molecule has 1 atom stereocenters. The van der Waals surface area contributed by atoms with Crippen LogP contribution in [-0.2, 0) is 10.8 Å². The minimum Gasteiger partial charge on any atom is -0.429 e. The van der Waals surface area contributed by atoms with E-state index < -0.39 is 10.8 Å². The first-order valence-electron chi connectivity index (χ1n) is 7.00. The number of carbonyl (C=O) groups excluding carboxylic acids is 1. The summed E-state index contributed by atoms with van der Waals surface area (Å²) in [4.78, 5) is 16.2. The van der Waals surface area contributed by atoms with Crippen molar-refractivity contribution in [2.45, 2.75) is 11.8 Å². The summed E-state index contributed by atoms with van der Waals surface area (Å²) in [6, 6.07) is 12.1. The number of amides is 1. The molecule has 2 aromatic carbocycles. The molecule has 0 unspecified atom stereocenters. The third kappa shape index (κ3) is 3.25. The maximum absolute atomic E-state index is 12.5. The van der Waals surface area contributed by atoms with Gasteiger partial charge in [-0.05, 0) is 36.5 Å². The highest BCUT2D eigenvalue weighted by atomic mass is 32.2. The van der Waals surface area contributed by atoms with Gasteiger partial charge in [-0.15, -0.1) is 0 Å². The maximum Gasteiger partial charge on any atom is 0.266 e. The lowest BCUT2D eigenvalue weighted by atomic mass is 10.2. The predicted octanol–water partition coefficient (Wildman–Crippen LogP) is 3.87. The van der Waals surface area contributed by atoms with Gasteiger partial charge >= 0.3 is 0 Å². The SMILES string of the molecule is CC[S@@](=O)c1ccccc1C(=O)Nc1ccc2[nH]c(=S)oc2c1. The number of aromatic amines is 1. The van der Waals surface area contributed by atoms with E-state index in [9.17, 15) is 9.00 Å². The average Bonchev–Trinajstić information content (AvgIpc) is 2.93. The van der Waals surface area contributed by atoms with E-state index in [4.69, 9.17) is 16.6 Å². The monoisotopic (exact) mass is 346 g/mol. The first kappa shape index (κ1) is 15.6. The van der Waals surface area contributed by atoms with Crippen LogP contribution in [0.2, 0.25) is 0 Å². The Labute approximate surface area is 140 Å². The van der Waals surface area contributed by atoms with Gasteiger partial charge in [0.05, 0.1) is 26.8 Å². The number of hydrogen-bond acceptors (Lipinski definition) is 4. The van der Waals surface area contributed by atoms with E-state index in [1.54, 1.807) is 42.5 Å². The van der Waals surface area contributed by atoms with Gasteiger partial charge in [0.1, 0.15) is 0 Å². The van der Waals surface area contributed by atoms with Crippen molar-refractivity contribution < 1.29 is 13.4 Å². The predicted molar refractivity (Wildman–Crippen MR) is 92.7 cm³/mol. The number of rotatable bonds is 4. The largest absolute Gasteiger partial charge is 0.429 e. The maximum atomic E-state index is 12.5. The van der Waals surface area contributed by atoms with Crippen LogP contribution in [0, 0.1) is 4.84 Å². The fourth-order valence-corrected chi connectivity index (χ4v) is 3.38. The van der Waals surface area contributed by atoms with Crippen molar-refractivity contribution in [3.8, 4) is 0 Å². The topological polar surface area (TPSA) is 75.1 Å². The smallest absolute Gasteiger partial charge is 0.266 e. The van der Waals surface area contributed by atoms with Crippen LogP contribution in [0.4, 0.5) is 5.69 Å². The minimum atomic E-state index is -1.20. The van der Waals surface area contributed by atoms with Crippen LogP contribution in [0.25, 0.3) is 11.1 Å². The number of carbonyl (C=O) groups is 1. The number of nitrogens with one attached hydrogen (secondary N) is 2. The van der Waals surface area contributed by atoms with Crippen LogP contribution < -0.4 is 5.32 Å². The van der Waals surface area contributed by atoms with Gasteiger partial charge < -0.3 is 14.7 Å². The lowest BCUT2D eigenvalue weighted by molar-refractivity contribution is 0.102. The highest BCUT2D eigenvalue weighted by Gasteiger charge is 2.15. The van der Waals surface area contributed by atoms with Gasteiger partial charge in [-0.3, -0.25) is 9.00 Å². The number of aromatic nitrogens is 1. The van der Waals surface area contributed by atoms with Crippen molar-refractivity contribution in [3.05, 3.63) is 52.9 Å². The first-order chi connectivity index (χ1) is 11.1. The van der Waals surface area contributed by atoms with E-state index in [0.717, 1.165) is 5.52 Å². The van der Waals surface area contributed by atoms with E-state index >= 15 is 0 Å². The van der Waals surface area contributed by atoms with Gasteiger partial charge in [-0.25, -0.2) is 0 Å². The van der Waals surface area contributed by atoms with Gasteiger partial charge in [0.15, 0.2) is 5.58 Å². The summed E-state index contributed by atoms with van der Waals surface area (Å²) in [5, 5.41) is 2.80. The molecule has 0 aliphatic carbocycles. The van der Waals surface area contributed by atoms with E-state index in [1.807, 2.05) is 6.92 Å². The zero-order valence-corrected chi connectivity index (χ0v) is 13.9. The number of fused-ring (bicyclic) bond motifs is 1. The zero-order chi connectivity index (χ0) is 16.4. The van der Waals surface area contributed by atoms with E-state index in [2.05, 4.69) is 10.3 Å². The summed E-state index contributed by atoms with van der Waals surface area (Å²) in [6.45, 7) is 1.82. The van der Waals surface area contributed by atoms with Crippen molar-refractivity contribution in [1.82, 2.24) is 4.98 Å². The Morgan fingerprint density at radius 2 is 2.09 bits per heavy atom. The van der Waals surface area contributed by atoms with Crippen molar-refractivity contribution >= 4 is 45.7 Å².